The maximum absolute atomic E-state index is 12.5. The van der Waals surface area contributed by atoms with E-state index in [1.165, 1.54) is 10.4 Å². The molecule has 1 fully saturated rings. The fraction of sp³-hybridized carbons (Fsp3) is 0.421. The maximum atomic E-state index is 12.5. The van der Waals surface area contributed by atoms with Crippen LogP contribution in [0.25, 0.3) is 0 Å². The van der Waals surface area contributed by atoms with Gasteiger partial charge in [-0.05, 0) is 12.5 Å². The van der Waals surface area contributed by atoms with Gasteiger partial charge in [0.05, 0.1) is 17.7 Å². The second-order valence-corrected chi connectivity index (χ2v) is 7.45. The molecular weight excluding hydrogens is 334 g/mol. The smallest absolute Gasteiger partial charge is 0.241 e. The van der Waals surface area contributed by atoms with Crippen LogP contribution in [-0.2, 0) is 16.0 Å². The van der Waals surface area contributed by atoms with Gasteiger partial charge in [-0.2, -0.15) is 0 Å². The van der Waals surface area contributed by atoms with Gasteiger partial charge in [0.25, 0.3) is 0 Å². The Balaban J connectivity index is 1.52. The van der Waals surface area contributed by atoms with Crippen LogP contribution in [0.1, 0.15) is 28.5 Å². The molecule has 25 heavy (non-hydrogen) atoms. The van der Waals surface area contributed by atoms with E-state index < -0.39 is 0 Å². The van der Waals surface area contributed by atoms with Crippen LogP contribution in [0, 0.1) is 6.92 Å². The predicted octanol–water partition coefficient (Wildman–Crippen LogP) is 2.47. The summed E-state index contributed by atoms with van der Waals surface area (Å²) in [6.07, 6.45) is 1.29. The van der Waals surface area contributed by atoms with Gasteiger partial charge in [0, 0.05) is 43.8 Å². The van der Waals surface area contributed by atoms with Crippen LogP contribution in [0.2, 0.25) is 0 Å². The van der Waals surface area contributed by atoms with Crippen molar-refractivity contribution in [2.24, 2.45) is 0 Å². The number of benzene rings is 1. The van der Waals surface area contributed by atoms with Gasteiger partial charge >= 0.3 is 0 Å². The van der Waals surface area contributed by atoms with Gasteiger partial charge in [-0.3, -0.25) is 9.59 Å². The predicted molar refractivity (Wildman–Crippen MR) is 98.6 cm³/mol. The normalized spacial score (nSPS) is 17.1. The van der Waals surface area contributed by atoms with E-state index in [2.05, 4.69) is 4.98 Å². The van der Waals surface area contributed by atoms with E-state index >= 15 is 0 Å². The summed E-state index contributed by atoms with van der Waals surface area (Å²) in [5, 5.41) is 0. The molecule has 1 aromatic heterocycles. The molecule has 1 atom stereocenters. The van der Waals surface area contributed by atoms with Crippen LogP contribution < -0.4 is 0 Å². The van der Waals surface area contributed by atoms with Crippen LogP contribution in [0.15, 0.2) is 35.8 Å². The van der Waals surface area contributed by atoms with Gasteiger partial charge in [0.15, 0.2) is 0 Å². The third kappa shape index (κ3) is 4.25. The molecule has 0 aliphatic carbocycles. The zero-order valence-electron chi connectivity index (χ0n) is 14.6. The number of rotatable bonds is 6. The fourth-order valence-corrected chi connectivity index (χ4v) is 3.89. The lowest BCUT2D eigenvalue weighted by Crippen LogP contribution is -2.39. The summed E-state index contributed by atoms with van der Waals surface area (Å²) < 4.78 is 0. The lowest BCUT2D eigenvalue weighted by Gasteiger charge is -2.22. The standard InChI is InChI=1S/C19H23N3O2S/c1-14-17(25-13-20-14)8-9-21(2)19(24)12-22-11-16(10-18(22)23)15-6-4-3-5-7-15/h3-7,13,16H,8-12H2,1-2H3/t16-/m0/s1. The summed E-state index contributed by atoms with van der Waals surface area (Å²) in [5.74, 6) is 0.241. The third-order valence-corrected chi connectivity index (χ3v) is 5.75. The van der Waals surface area contributed by atoms with Gasteiger partial charge in [-0.1, -0.05) is 30.3 Å². The number of amides is 2. The summed E-state index contributed by atoms with van der Waals surface area (Å²) in [6, 6.07) is 10.0. The van der Waals surface area contributed by atoms with E-state index in [-0.39, 0.29) is 24.3 Å². The fourth-order valence-electron chi connectivity index (χ4n) is 3.12. The van der Waals surface area contributed by atoms with Crippen molar-refractivity contribution in [3.63, 3.8) is 0 Å². The zero-order chi connectivity index (χ0) is 17.8. The molecule has 2 amide bonds. The van der Waals surface area contributed by atoms with Crippen molar-refractivity contribution in [2.75, 3.05) is 26.7 Å². The second-order valence-electron chi connectivity index (χ2n) is 6.51. The van der Waals surface area contributed by atoms with Crippen LogP contribution >= 0.6 is 11.3 Å². The first-order valence-electron chi connectivity index (χ1n) is 8.50. The van der Waals surface area contributed by atoms with E-state index in [4.69, 9.17) is 0 Å². The number of carbonyl (C=O) groups is 2. The Morgan fingerprint density at radius 3 is 2.80 bits per heavy atom. The number of aryl methyl sites for hydroxylation is 1. The van der Waals surface area contributed by atoms with E-state index in [9.17, 15) is 9.59 Å². The second kappa shape index (κ2) is 7.78. The maximum Gasteiger partial charge on any atom is 0.241 e. The molecule has 0 bridgehead atoms. The summed E-state index contributed by atoms with van der Waals surface area (Å²) >= 11 is 1.62. The number of carbonyl (C=O) groups excluding carboxylic acids is 2. The first-order chi connectivity index (χ1) is 12.0. The molecule has 0 radical (unpaired) electrons. The van der Waals surface area contributed by atoms with Gasteiger partial charge in [0.1, 0.15) is 0 Å². The summed E-state index contributed by atoms with van der Waals surface area (Å²) in [6.45, 7) is 3.42. The Morgan fingerprint density at radius 2 is 2.12 bits per heavy atom. The Labute approximate surface area is 152 Å². The Morgan fingerprint density at radius 1 is 1.36 bits per heavy atom. The highest BCUT2D eigenvalue weighted by Crippen LogP contribution is 2.27. The van der Waals surface area contributed by atoms with Crippen molar-refractivity contribution in [1.82, 2.24) is 14.8 Å². The number of thiazole rings is 1. The topological polar surface area (TPSA) is 53.5 Å². The molecule has 1 saturated heterocycles. The molecular formula is C19H23N3O2S. The van der Waals surface area contributed by atoms with E-state index in [1.807, 2.05) is 42.8 Å². The first-order valence-corrected chi connectivity index (χ1v) is 9.38. The molecule has 0 unspecified atom stereocenters. The first kappa shape index (κ1) is 17.6. The van der Waals surface area contributed by atoms with E-state index in [0.29, 0.717) is 19.5 Å². The zero-order valence-corrected chi connectivity index (χ0v) is 15.5. The molecule has 2 aromatic rings. The van der Waals surface area contributed by atoms with Crippen molar-refractivity contribution < 1.29 is 9.59 Å². The van der Waals surface area contributed by atoms with Crippen LogP contribution in [0.5, 0.6) is 0 Å². The number of hydrogen-bond acceptors (Lipinski definition) is 4. The van der Waals surface area contributed by atoms with Gasteiger partial charge in [0.2, 0.25) is 11.8 Å². The molecule has 1 aromatic carbocycles. The Hall–Kier alpha value is -2.21. The van der Waals surface area contributed by atoms with Crippen LogP contribution in [0.3, 0.4) is 0 Å². The van der Waals surface area contributed by atoms with Gasteiger partial charge in [-0.25, -0.2) is 4.98 Å². The van der Waals surface area contributed by atoms with Crippen molar-refractivity contribution in [1.29, 1.82) is 0 Å². The lowest BCUT2D eigenvalue weighted by molar-refractivity contribution is -0.137. The average molecular weight is 357 g/mol. The molecule has 6 heteroatoms. The molecule has 0 saturated carbocycles. The molecule has 1 aliphatic rings. The summed E-state index contributed by atoms with van der Waals surface area (Å²) in [7, 11) is 1.80. The quantitative estimate of drug-likeness (QED) is 0.798. The van der Waals surface area contributed by atoms with Crippen LogP contribution in [0.4, 0.5) is 0 Å². The molecule has 5 nitrogen and oxygen atoms in total. The Kier molecular flexibility index (Phi) is 5.48. The number of aromatic nitrogens is 1. The van der Waals surface area contributed by atoms with Crippen molar-refractivity contribution in [2.45, 2.75) is 25.7 Å². The van der Waals surface area contributed by atoms with Crippen molar-refractivity contribution in [3.05, 3.63) is 52.0 Å². The summed E-state index contributed by atoms with van der Waals surface area (Å²) in [4.78, 5) is 33.5. The van der Waals surface area contributed by atoms with Crippen molar-refractivity contribution in [3.8, 4) is 0 Å². The molecule has 0 N–H and O–H groups in total. The highest BCUT2D eigenvalue weighted by molar-refractivity contribution is 7.09. The number of nitrogens with zero attached hydrogens (tertiary/aromatic N) is 3. The van der Waals surface area contributed by atoms with Crippen LogP contribution in [-0.4, -0.2) is 53.3 Å². The number of hydrogen-bond donors (Lipinski definition) is 0. The molecule has 0 spiro atoms. The summed E-state index contributed by atoms with van der Waals surface area (Å²) in [5.41, 5.74) is 4.03. The minimum atomic E-state index is -0.00997. The minimum absolute atomic E-state index is 0.00997. The highest BCUT2D eigenvalue weighted by Gasteiger charge is 2.32. The molecule has 132 valence electrons. The third-order valence-electron chi connectivity index (χ3n) is 4.76. The van der Waals surface area contributed by atoms with E-state index in [1.54, 1.807) is 28.2 Å². The monoisotopic (exact) mass is 357 g/mol. The minimum Gasteiger partial charge on any atom is -0.344 e. The largest absolute Gasteiger partial charge is 0.344 e. The lowest BCUT2D eigenvalue weighted by atomic mass is 9.99. The average Bonchev–Trinajstić information content (AvgIpc) is 3.19. The van der Waals surface area contributed by atoms with E-state index in [0.717, 1.165) is 12.1 Å². The SMILES string of the molecule is Cc1ncsc1CCN(C)C(=O)CN1C[C@@H](c2ccccc2)CC1=O. The molecule has 1 aliphatic heterocycles. The van der Waals surface area contributed by atoms with Gasteiger partial charge < -0.3 is 9.80 Å². The molecule has 2 heterocycles. The number of likely N-dealkylation sites (N-methyl/N-ethyl adjacent to an activating group) is 1. The number of likely N-dealkylation sites (tertiary alicyclic amines) is 1. The van der Waals surface area contributed by atoms with Crippen molar-refractivity contribution >= 4 is 23.2 Å². The molecule has 3 rings (SSSR count). The Bertz CT molecular complexity index is 744. The van der Waals surface area contributed by atoms with Gasteiger partial charge in [-0.15, -0.1) is 11.3 Å². The highest BCUT2D eigenvalue weighted by atomic mass is 32.1.